The number of aliphatic imine (C=N–C) groups is 1. The van der Waals surface area contributed by atoms with Crippen LogP contribution in [-0.4, -0.2) is 16.9 Å². The Bertz CT molecular complexity index is 1050. The minimum absolute atomic E-state index is 0.124. The summed E-state index contributed by atoms with van der Waals surface area (Å²) < 4.78 is 0. The lowest BCUT2D eigenvalue weighted by Gasteiger charge is -2.12. The number of carbonyl (C=O) groups is 1. The van der Waals surface area contributed by atoms with Gasteiger partial charge in [-0.15, -0.1) is 0 Å². The van der Waals surface area contributed by atoms with Crippen molar-refractivity contribution in [2.75, 3.05) is 5.32 Å². The molecule has 3 aromatic rings. The first-order valence-electron chi connectivity index (χ1n) is 7.87. The molecule has 1 amide bonds. The van der Waals surface area contributed by atoms with Crippen LogP contribution in [-0.2, 0) is 0 Å². The molecule has 0 aliphatic rings. The fourth-order valence-corrected chi connectivity index (χ4v) is 2.51. The number of pyridine rings is 1. The maximum atomic E-state index is 12.5. The zero-order valence-corrected chi connectivity index (χ0v) is 15.4. The van der Waals surface area contributed by atoms with E-state index in [0.29, 0.717) is 21.3 Å². The Morgan fingerprint density at radius 1 is 0.926 bits per heavy atom. The Labute approximate surface area is 164 Å². The molecule has 0 aliphatic heterocycles. The van der Waals surface area contributed by atoms with Gasteiger partial charge in [0.1, 0.15) is 5.82 Å². The van der Waals surface area contributed by atoms with Crippen molar-refractivity contribution in [3.05, 3.63) is 92.7 Å². The number of hydrogen-bond donors (Lipinski definition) is 3. The molecule has 0 atom stereocenters. The summed E-state index contributed by atoms with van der Waals surface area (Å²) in [5, 5.41) is 6.72. The van der Waals surface area contributed by atoms with Gasteiger partial charge in [0.15, 0.2) is 0 Å². The first-order valence-corrected chi connectivity index (χ1v) is 8.63. The highest BCUT2D eigenvalue weighted by Crippen LogP contribution is 2.16. The van der Waals surface area contributed by atoms with Crippen molar-refractivity contribution in [3.63, 3.8) is 0 Å². The number of anilines is 1. The van der Waals surface area contributed by atoms with Gasteiger partial charge in [0.2, 0.25) is 11.5 Å². The lowest BCUT2D eigenvalue weighted by Crippen LogP contribution is -2.35. The number of carbonyl (C=O) groups excluding carboxylic acids is 1. The molecule has 0 fully saturated rings. The molecule has 1 aromatic heterocycles. The van der Waals surface area contributed by atoms with Gasteiger partial charge in [-0.25, -0.2) is 0 Å². The molecule has 8 heteroatoms. The lowest BCUT2D eigenvalue weighted by molar-refractivity contribution is 0.0977. The van der Waals surface area contributed by atoms with Gasteiger partial charge < -0.3 is 10.3 Å². The number of rotatable bonds is 3. The summed E-state index contributed by atoms with van der Waals surface area (Å²) in [4.78, 5) is 30.8. The van der Waals surface area contributed by atoms with Crippen molar-refractivity contribution in [1.29, 1.82) is 0 Å². The fraction of sp³-hybridized carbons (Fsp3) is 0. The summed E-state index contributed by atoms with van der Waals surface area (Å²) in [5.74, 6) is 0.0146. The Morgan fingerprint density at radius 2 is 1.67 bits per heavy atom. The zero-order valence-electron chi connectivity index (χ0n) is 13.9. The molecule has 0 radical (unpaired) electrons. The van der Waals surface area contributed by atoms with Crippen LogP contribution in [0.15, 0.2) is 76.5 Å². The van der Waals surface area contributed by atoms with E-state index in [9.17, 15) is 9.59 Å². The van der Waals surface area contributed by atoms with Gasteiger partial charge in [0.25, 0.3) is 5.91 Å². The van der Waals surface area contributed by atoms with Crippen molar-refractivity contribution < 1.29 is 4.79 Å². The SMILES string of the molecule is O=C(N/C(=N/c1cccc(=O)[nH]1)Nc1cccc(Cl)c1)c1ccc(Cl)cc1. The van der Waals surface area contributed by atoms with Crippen LogP contribution in [0.1, 0.15) is 10.4 Å². The summed E-state index contributed by atoms with van der Waals surface area (Å²) in [5.41, 5.74) is 0.722. The fourth-order valence-electron chi connectivity index (χ4n) is 2.19. The zero-order chi connectivity index (χ0) is 19.2. The average molecular weight is 401 g/mol. The van der Waals surface area contributed by atoms with Crippen LogP contribution in [0.3, 0.4) is 0 Å². The largest absolute Gasteiger partial charge is 0.326 e. The maximum Gasteiger partial charge on any atom is 0.257 e. The minimum Gasteiger partial charge on any atom is -0.326 e. The number of guanidine groups is 1. The number of aromatic nitrogens is 1. The van der Waals surface area contributed by atoms with Gasteiger partial charge in [0, 0.05) is 27.4 Å². The van der Waals surface area contributed by atoms with E-state index in [1.807, 2.05) is 0 Å². The van der Waals surface area contributed by atoms with Crippen molar-refractivity contribution in [2.45, 2.75) is 0 Å². The molecule has 6 nitrogen and oxygen atoms in total. The van der Waals surface area contributed by atoms with Gasteiger partial charge in [-0.3, -0.25) is 14.9 Å². The number of hydrogen-bond acceptors (Lipinski definition) is 3. The van der Waals surface area contributed by atoms with Gasteiger partial charge >= 0.3 is 0 Å². The quantitative estimate of drug-likeness (QED) is 0.454. The average Bonchev–Trinajstić information content (AvgIpc) is 2.62. The second-order valence-electron chi connectivity index (χ2n) is 5.46. The molecule has 1 heterocycles. The first-order chi connectivity index (χ1) is 13.0. The summed E-state index contributed by atoms with van der Waals surface area (Å²) in [6, 6.07) is 17.9. The molecule has 0 spiro atoms. The molecule has 2 aromatic carbocycles. The normalized spacial score (nSPS) is 11.1. The minimum atomic E-state index is -0.391. The Hall–Kier alpha value is -3.09. The van der Waals surface area contributed by atoms with Crippen molar-refractivity contribution in [2.24, 2.45) is 4.99 Å². The number of amides is 1. The molecule has 0 saturated heterocycles. The van der Waals surface area contributed by atoms with E-state index in [2.05, 4.69) is 20.6 Å². The van der Waals surface area contributed by atoms with Crippen molar-refractivity contribution in [3.8, 4) is 0 Å². The highest BCUT2D eigenvalue weighted by molar-refractivity contribution is 6.31. The molecule has 136 valence electrons. The Balaban J connectivity index is 1.90. The van der Waals surface area contributed by atoms with Crippen LogP contribution in [0, 0.1) is 0 Å². The third-order valence-corrected chi connectivity index (χ3v) is 3.90. The van der Waals surface area contributed by atoms with Crippen LogP contribution in [0.5, 0.6) is 0 Å². The van der Waals surface area contributed by atoms with E-state index in [-0.39, 0.29) is 17.3 Å². The summed E-state index contributed by atoms with van der Waals surface area (Å²) in [6.07, 6.45) is 0. The van der Waals surface area contributed by atoms with Crippen LogP contribution >= 0.6 is 23.2 Å². The molecular formula is C19H14Cl2N4O2. The molecule has 0 bridgehead atoms. The van der Waals surface area contributed by atoms with E-state index in [1.165, 1.54) is 6.07 Å². The topological polar surface area (TPSA) is 86.3 Å². The third-order valence-electron chi connectivity index (χ3n) is 3.41. The standard InChI is InChI=1S/C19H14Cl2N4O2/c20-13-9-7-12(8-10-13)18(27)25-19(22-15-4-1-3-14(21)11-15)24-16-5-2-6-17(26)23-16/h1-11H,(H3,22,23,24,25,26,27). The van der Waals surface area contributed by atoms with Crippen LogP contribution in [0.2, 0.25) is 10.0 Å². The first kappa shape index (κ1) is 18.7. The lowest BCUT2D eigenvalue weighted by atomic mass is 10.2. The number of nitrogens with zero attached hydrogens (tertiary/aromatic N) is 1. The molecule has 0 saturated carbocycles. The molecule has 3 rings (SSSR count). The molecular weight excluding hydrogens is 387 g/mol. The monoisotopic (exact) mass is 400 g/mol. The third kappa shape index (κ3) is 5.44. The van der Waals surface area contributed by atoms with Gasteiger partial charge in [0.05, 0.1) is 0 Å². The summed E-state index contributed by atoms with van der Waals surface area (Å²) >= 11 is 11.9. The van der Waals surface area contributed by atoms with Crippen LogP contribution in [0.4, 0.5) is 11.5 Å². The maximum absolute atomic E-state index is 12.5. The number of halogens is 2. The second-order valence-corrected chi connectivity index (χ2v) is 6.33. The number of benzene rings is 2. The summed E-state index contributed by atoms with van der Waals surface area (Å²) in [6.45, 7) is 0. The smallest absolute Gasteiger partial charge is 0.257 e. The van der Waals surface area contributed by atoms with Crippen LogP contribution in [0.25, 0.3) is 0 Å². The van der Waals surface area contributed by atoms with Gasteiger partial charge in [-0.1, -0.05) is 35.3 Å². The second kappa shape index (κ2) is 8.53. The van der Waals surface area contributed by atoms with E-state index < -0.39 is 5.91 Å². The molecule has 0 unspecified atom stereocenters. The van der Waals surface area contributed by atoms with Gasteiger partial charge in [-0.05, 0) is 48.5 Å². The Morgan fingerprint density at radius 3 is 2.37 bits per heavy atom. The van der Waals surface area contributed by atoms with Crippen molar-refractivity contribution in [1.82, 2.24) is 10.3 Å². The molecule has 0 aliphatic carbocycles. The highest BCUT2D eigenvalue weighted by Gasteiger charge is 2.10. The Kier molecular flexibility index (Phi) is 5.90. The molecule has 27 heavy (non-hydrogen) atoms. The van der Waals surface area contributed by atoms with Crippen LogP contribution < -0.4 is 16.2 Å². The van der Waals surface area contributed by atoms with Crippen molar-refractivity contribution >= 4 is 46.6 Å². The number of nitrogens with one attached hydrogen (secondary N) is 3. The van der Waals surface area contributed by atoms with E-state index in [4.69, 9.17) is 23.2 Å². The molecule has 3 N–H and O–H groups in total. The van der Waals surface area contributed by atoms with E-state index >= 15 is 0 Å². The number of H-pyrrole nitrogens is 1. The summed E-state index contributed by atoms with van der Waals surface area (Å²) in [7, 11) is 0. The number of aromatic amines is 1. The predicted molar refractivity (Wildman–Crippen MR) is 108 cm³/mol. The van der Waals surface area contributed by atoms with Gasteiger partial charge in [-0.2, -0.15) is 4.99 Å². The van der Waals surface area contributed by atoms with E-state index in [0.717, 1.165) is 0 Å². The predicted octanol–water partition coefficient (Wildman–Crippen LogP) is 4.21. The van der Waals surface area contributed by atoms with E-state index in [1.54, 1.807) is 60.7 Å². The highest BCUT2D eigenvalue weighted by atomic mass is 35.5.